The fourth-order valence-corrected chi connectivity index (χ4v) is 3.15. The monoisotopic (exact) mass is 324 g/mol. The summed E-state index contributed by atoms with van der Waals surface area (Å²) < 4.78 is 23.4. The van der Waals surface area contributed by atoms with Crippen LogP contribution in [-0.2, 0) is 9.84 Å². The standard InChI is InChI=1S/C14H20N4O3S/c1-22(20,21)10-5-6-12(18-7-3-2-4-8-18)11(9-10)13(19)17-14(15)16/h5-6,9H,2-4,7-8H2,1H3,(H4,15,16,17,19). The number of aliphatic imine (C=N–C) groups is 1. The summed E-state index contributed by atoms with van der Waals surface area (Å²) in [6.07, 6.45) is 4.31. The average Bonchev–Trinajstić information content (AvgIpc) is 2.46. The second-order valence-corrected chi connectivity index (χ2v) is 7.36. The molecule has 0 bridgehead atoms. The normalized spacial score (nSPS) is 15.4. The first-order valence-corrected chi connectivity index (χ1v) is 8.91. The van der Waals surface area contributed by atoms with Crippen LogP contribution in [0.1, 0.15) is 29.6 Å². The molecule has 1 aromatic carbocycles. The van der Waals surface area contributed by atoms with Crippen molar-refractivity contribution in [1.82, 2.24) is 0 Å². The highest BCUT2D eigenvalue weighted by Crippen LogP contribution is 2.27. The van der Waals surface area contributed by atoms with Crippen molar-refractivity contribution < 1.29 is 13.2 Å². The van der Waals surface area contributed by atoms with Gasteiger partial charge in [-0.3, -0.25) is 4.79 Å². The highest BCUT2D eigenvalue weighted by Gasteiger charge is 2.21. The lowest BCUT2D eigenvalue weighted by Crippen LogP contribution is -2.31. The molecule has 8 heteroatoms. The number of guanidine groups is 1. The molecule has 1 heterocycles. The lowest BCUT2D eigenvalue weighted by molar-refractivity contribution is 0.100. The van der Waals surface area contributed by atoms with E-state index in [4.69, 9.17) is 11.5 Å². The van der Waals surface area contributed by atoms with Gasteiger partial charge in [0.1, 0.15) is 0 Å². The van der Waals surface area contributed by atoms with Gasteiger partial charge in [-0.15, -0.1) is 0 Å². The number of anilines is 1. The Balaban J connectivity index is 2.52. The SMILES string of the molecule is CS(=O)(=O)c1ccc(N2CCCCC2)c(C(=O)N=C(N)N)c1. The minimum Gasteiger partial charge on any atom is -0.371 e. The fourth-order valence-electron chi connectivity index (χ4n) is 2.51. The van der Waals surface area contributed by atoms with E-state index in [1.54, 1.807) is 6.07 Å². The number of rotatable bonds is 3. The molecule has 1 amide bonds. The van der Waals surface area contributed by atoms with E-state index in [0.29, 0.717) is 5.69 Å². The Bertz CT molecular complexity index is 703. The van der Waals surface area contributed by atoms with E-state index in [-0.39, 0.29) is 16.4 Å². The second kappa shape index (κ2) is 6.35. The van der Waals surface area contributed by atoms with Gasteiger partial charge in [-0.1, -0.05) is 0 Å². The summed E-state index contributed by atoms with van der Waals surface area (Å²) in [6.45, 7) is 1.64. The van der Waals surface area contributed by atoms with Crippen LogP contribution >= 0.6 is 0 Å². The molecule has 1 aliphatic heterocycles. The van der Waals surface area contributed by atoms with Crippen molar-refractivity contribution >= 4 is 27.4 Å². The molecule has 1 aliphatic rings. The van der Waals surface area contributed by atoms with Gasteiger partial charge in [0.25, 0.3) is 5.91 Å². The van der Waals surface area contributed by atoms with Crippen molar-refractivity contribution in [3.8, 4) is 0 Å². The Morgan fingerprint density at radius 1 is 1.18 bits per heavy atom. The van der Waals surface area contributed by atoms with E-state index in [0.717, 1.165) is 38.6 Å². The largest absolute Gasteiger partial charge is 0.371 e. The summed E-state index contributed by atoms with van der Waals surface area (Å²) >= 11 is 0. The molecular formula is C14H20N4O3S. The predicted molar refractivity (Wildman–Crippen MR) is 85.8 cm³/mol. The van der Waals surface area contributed by atoms with Gasteiger partial charge in [-0.05, 0) is 37.5 Å². The molecule has 0 atom stereocenters. The maximum absolute atomic E-state index is 12.2. The molecule has 0 radical (unpaired) electrons. The van der Waals surface area contributed by atoms with Gasteiger partial charge in [0.2, 0.25) is 0 Å². The van der Waals surface area contributed by atoms with Crippen LogP contribution in [0.3, 0.4) is 0 Å². The third kappa shape index (κ3) is 3.76. The van der Waals surface area contributed by atoms with Crippen molar-refractivity contribution in [2.24, 2.45) is 16.5 Å². The van der Waals surface area contributed by atoms with E-state index in [1.807, 2.05) is 0 Å². The van der Waals surface area contributed by atoms with Gasteiger partial charge in [0.15, 0.2) is 15.8 Å². The summed E-state index contributed by atoms with van der Waals surface area (Å²) in [6, 6.07) is 4.50. The predicted octanol–water partition coefficient (Wildman–Crippen LogP) is 0.494. The lowest BCUT2D eigenvalue weighted by Gasteiger charge is -2.30. The van der Waals surface area contributed by atoms with E-state index in [2.05, 4.69) is 9.89 Å². The quantitative estimate of drug-likeness (QED) is 0.617. The van der Waals surface area contributed by atoms with Gasteiger partial charge in [-0.2, -0.15) is 4.99 Å². The number of amides is 1. The Kier molecular flexibility index (Phi) is 4.70. The number of sulfone groups is 1. The van der Waals surface area contributed by atoms with E-state index >= 15 is 0 Å². The van der Waals surface area contributed by atoms with Crippen molar-refractivity contribution in [2.75, 3.05) is 24.2 Å². The Morgan fingerprint density at radius 3 is 2.36 bits per heavy atom. The summed E-state index contributed by atoms with van der Waals surface area (Å²) in [5.74, 6) is -0.981. The number of carbonyl (C=O) groups is 1. The lowest BCUT2D eigenvalue weighted by atomic mass is 10.1. The van der Waals surface area contributed by atoms with Gasteiger partial charge >= 0.3 is 0 Å². The van der Waals surface area contributed by atoms with Crippen LogP contribution in [0.2, 0.25) is 0 Å². The van der Waals surface area contributed by atoms with Crippen molar-refractivity contribution in [2.45, 2.75) is 24.2 Å². The number of nitrogens with two attached hydrogens (primary N) is 2. The number of piperidine rings is 1. The zero-order valence-electron chi connectivity index (χ0n) is 12.4. The molecule has 1 aromatic rings. The smallest absolute Gasteiger partial charge is 0.282 e. The zero-order valence-corrected chi connectivity index (χ0v) is 13.3. The highest BCUT2D eigenvalue weighted by molar-refractivity contribution is 7.90. The van der Waals surface area contributed by atoms with Gasteiger partial charge in [0.05, 0.1) is 10.5 Å². The van der Waals surface area contributed by atoms with Crippen LogP contribution in [-0.4, -0.2) is 39.6 Å². The van der Waals surface area contributed by atoms with E-state index < -0.39 is 15.7 Å². The Hall–Kier alpha value is -2.09. The summed E-state index contributed by atoms with van der Waals surface area (Å²) in [4.78, 5) is 17.9. The van der Waals surface area contributed by atoms with Crippen LogP contribution < -0.4 is 16.4 Å². The van der Waals surface area contributed by atoms with Crippen LogP contribution in [0.5, 0.6) is 0 Å². The molecule has 1 fully saturated rings. The first-order chi connectivity index (χ1) is 10.3. The molecule has 0 aliphatic carbocycles. The molecule has 0 aromatic heterocycles. The Labute approximate surface area is 129 Å². The van der Waals surface area contributed by atoms with Gasteiger partial charge in [-0.25, -0.2) is 8.42 Å². The molecule has 22 heavy (non-hydrogen) atoms. The summed E-state index contributed by atoms with van der Waals surface area (Å²) in [5, 5.41) is 0. The molecule has 4 N–H and O–H groups in total. The third-order valence-corrected chi connectivity index (χ3v) is 4.66. The average molecular weight is 324 g/mol. The van der Waals surface area contributed by atoms with Crippen LogP contribution in [0.4, 0.5) is 5.69 Å². The molecule has 1 saturated heterocycles. The second-order valence-electron chi connectivity index (χ2n) is 5.34. The third-order valence-electron chi connectivity index (χ3n) is 3.55. The van der Waals surface area contributed by atoms with Gasteiger partial charge in [0, 0.05) is 25.0 Å². The minimum atomic E-state index is -3.42. The molecule has 0 saturated carbocycles. The number of carbonyl (C=O) groups excluding carboxylic acids is 1. The van der Waals surface area contributed by atoms with Crippen LogP contribution in [0.25, 0.3) is 0 Å². The maximum atomic E-state index is 12.2. The van der Waals surface area contributed by atoms with Crippen molar-refractivity contribution in [3.63, 3.8) is 0 Å². The number of nitrogens with zero attached hydrogens (tertiary/aromatic N) is 2. The first kappa shape index (κ1) is 16.3. The Morgan fingerprint density at radius 2 is 1.82 bits per heavy atom. The van der Waals surface area contributed by atoms with E-state index in [1.165, 1.54) is 12.1 Å². The molecule has 120 valence electrons. The molecule has 7 nitrogen and oxygen atoms in total. The number of hydrogen-bond acceptors (Lipinski definition) is 4. The zero-order chi connectivity index (χ0) is 16.3. The van der Waals surface area contributed by atoms with Crippen LogP contribution in [0, 0.1) is 0 Å². The summed E-state index contributed by atoms with van der Waals surface area (Å²) in [5.41, 5.74) is 11.4. The highest BCUT2D eigenvalue weighted by atomic mass is 32.2. The number of hydrogen-bond donors (Lipinski definition) is 2. The van der Waals surface area contributed by atoms with E-state index in [9.17, 15) is 13.2 Å². The summed E-state index contributed by atoms with van der Waals surface area (Å²) in [7, 11) is -3.42. The molecule has 0 spiro atoms. The first-order valence-electron chi connectivity index (χ1n) is 7.02. The maximum Gasteiger partial charge on any atom is 0.282 e. The molecular weight excluding hydrogens is 304 g/mol. The van der Waals surface area contributed by atoms with Gasteiger partial charge < -0.3 is 16.4 Å². The topological polar surface area (TPSA) is 119 Å². The fraction of sp³-hybridized carbons (Fsp3) is 0.429. The van der Waals surface area contributed by atoms with Crippen LogP contribution in [0.15, 0.2) is 28.1 Å². The van der Waals surface area contributed by atoms with Crippen molar-refractivity contribution in [1.29, 1.82) is 0 Å². The molecule has 0 unspecified atom stereocenters. The number of benzene rings is 1. The van der Waals surface area contributed by atoms with Crippen molar-refractivity contribution in [3.05, 3.63) is 23.8 Å². The minimum absolute atomic E-state index is 0.0717. The molecule has 2 rings (SSSR count).